The molecule has 2 aromatic carbocycles. The van der Waals surface area contributed by atoms with Crippen LogP contribution in [0.5, 0.6) is 5.75 Å². The molecule has 1 unspecified atom stereocenters. The molecule has 400 valence electrons. The van der Waals surface area contributed by atoms with E-state index in [1.165, 1.54) is 0 Å². The number of anilines is 1. The molecule has 1 fully saturated rings. The summed E-state index contributed by atoms with van der Waals surface area (Å²) in [6, 6.07) is 14.2. The Kier molecular flexibility index (Phi) is 31.3. The number of hydroxylamine groups is 2. The van der Waals surface area contributed by atoms with Gasteiger partial charge in [0, 0.05) is 55.7 Å². The summed E-state index contributed by atoms with van der Waals surface area (Å²) in [6.07, 6.45) is 9.49. The van der Waals surface area contributed by atoms with Gasteiger partial charge in [-0.15, -0.1) is 5.06 Å². The van der Waals surface area contributed by atoms with Crippen LogP contribution in [0.15, 0.2) is 60.7 Å². The highest BCUT2D eigenvalue weighted by Gasteiger charge is 2.32. The third-order valence-corrected chi connectivity index (χ3v) is 10.6. The molecule has 4 rings (SSSR count). The van der Waals surface area contributed by atoms with Crippen molar-refractivity contribution < 1.29 is 81.0 Å². The SMILES string of the molecule is O=C(CCOCCOCCOCCOCCNC(=O)OC1CC/C=C/CCC1)NCCCOc1ccc(C(=O)c2ccc(NCCOCCOCCOCCOCCC(=O)ON3C(=O)CCC3=O)cc2)cc1. The fourth-order valence-corrected chi connectivity index (χ4v) is 6.77. The van der Waals surface area contributed by atoms with Gasteiger partial charge >= 0.3 is 12.1 Å². The number of imide groups is 1. The molecular weight excluding hydrogens is 941 g/mol. The van der Waals surface area contributed by atoms with Gasteiger partial charge in [0.05, 0.1) is 119 Å². The van der Waals surface area contributed by atoms with Crippen LogP contribution in [0.25, 0.3) is 0 Å². The molecule has 2 aliphatic rings. The summed E-state index contributed by atoms with van der Waals surface area (Å²) < 4.78 is 55.1. The first-order valence-electron chi connectivity index (χ1n) is 24.9. The summed E-state index contributed by atoms with van der Waals surface area (Å²) in [6.45, 7) is 7.59. The number of ether oxygens (including phenoxy) is 10. The van der Waals surface area contributed by atoms with Crippen LogP contribution in [0.1, 0.15) is 80.1 Å². The standard InChI is InChI=1S/C51H74N4O17/c56-46(19-25-62-29-33-66-37-39-69-36-32-65-28-23-54-51(61)71-45-7-4-2-1-3-5-8-45)53-21-6-24-70-44-15-11-42(12-16-44)50(60)41-9-13-43(14-10-41)52-22-27-64-31-35-68-40-38-67-34-30-63-26-20-49(59)72-55-47(57)17-18-48(55)58/h1-2,9-16,45,52H,3-8,17-40H2,(H,53,56)(H,54,61)/b2-1+. The number of nitrogens with zero attached hydrogens (tertiary/aromatic N) is 1. The van der Waals surface area contributed by atoms with Crippen molar-refractivity contribution in [2.75, 3.05) is 137 Å². The molecule has 72 heavy (non-hydrogen) atoms. The summed E-state index contributed by atoms with van der Waals surface area (Å²) in [7, 11) is 0. The molecule has 0 spiro atoms. The van der Waals surface area contributed by atoms with E-state index >= 15 is 0 Å². The molecule has 1 heterocycles. The Labute approximate surface area is 422 Å². The quantitative estimate of drug-likeness (QED) is 0.0364. The number of rotatable bonds is 40. The van der Waals surface area contributed by atoms with E-state index in [4.69, 9.17) is 52.2 Å². The first-order valence-corrected chi connectivity index (χ1v) is 24.9. The maximum atomic E-state index is 13.1. The lowest BCUT2D eigenvalue weighted by Crippen LogP contribution is -2.32. The Morgan fingerprint density at radius 1 is 0.528 bits per heavy atom. The summed E-state index contributed by atoms with van der Waals surface area (Å²) in [5.74, 6) is -1.34. The van der Waals surface area contributed by atoms with Gasteiger partial charge in [-0.1, -0.05) is 12.2 Å². The van der Waals surface area contributed by atoms with Gasteiger partial charge in [-0.05, 0) is 87.1 Å². The molecular formula is C51H74N4O17. The number of benzene rings is 2. The maximum Gasteiger partial charge on any atom is 0.407 e. The van der Waals surface area contributed by atoms with Crippen LogP contribution in [0.4, 0.5) is 10.5 Å². The van der Waals surface area contributed by atoms with Gasteiger partial charge in [0.25, 0.3) is 11.8 Å². The van der Waals surface area contributed by atoms with E-state index in [1.54, 1.807) is 36.4 Å². The van der Waals surface area contributed by atoms with Crippen molar-refractivity contribution in [3.05, 3.63) is 71.8 Å². The Hall–Kier alpha value is -5.52. The van der Waals surface area contributed by atoms with E-state index in [-0.39, 0.29) is 63.3 Å². The molecule has 1 aliphatic carbocycles. The number of nitrogens with one attached hydrogen (secondary N) is 3. The molecule has 1 aliphatic heterocycles. The van der Waals surface area contributed by atoms with Gasteiger partial charge in [-0.25, -0.2) is 9.59 Å². The fourth-order valence-electron chi connectivity index (χ4n) is 6.77. The predicted molar refractivity (Wildman–Crippen MR) is 261 cm³/mol. The normalized spacial score (nSPS) is 15.1. The fraction of sp³-hybridized carbons (Fsp3) is 0.608. The minimum Gasteiger partial charge on any atom is -0.494 e. The summed E-state index contributed by atoms with van der Waals surface area (Å²) in [5, 5.41) is 9.37. The van der Waals surface area contributed by atoms with E-state index in [0.717, 1.165) is 37.8 Å². The number of hydrogen-bond acceptors (Lipinski definition) is 18. The molecule has 1 atom stereocenters. The maximum absolute atomic E-state index is 13.1. The lowest BCUT2D eigenvalue weighted by Gasteiger charge is -2.18. The van der Waals surface area contributed by atoms with Crippen LogP contribution >= 0.6 is 0 Å². The van der Waals surface area contributed by atoms with Crippen LogP contribution in [-0.2, 0) is 66.6 Å². The average Bonchev–Trinajstić information content (AvgIpc) is 3.69. The summed E-state index contributed by atoms with van der Waals surface area (Å²) in [4.78, 5) is 76.6. The van der Waals surface area contributed by atoms with Gasteiger partial charge in [0.15, 0.2) is 5.78 Å². The number of amides is 4. The van der Waals surface area contributed by atoms with Crippen molar-refractivity contribution in [1.29, 1.82) is 0 Å². The monoisotopic (exact) mass is 1010 g/mol. The smallest absolute Gasteiger partial charge is 0.407 e. The minimum atomic E-state index is -0.712. The highest BCUT2D eigenvalue weighted by atomic mass is 16.7. The second kappa shape index (κ2) is 38.1. The van der Waals surface area contributed by atoms with E-state index in [9.17, 15) is 28.8 Å². The van der Waals surface area contributed by atoms with Gasteiger partial charge < -0.3 is 68.2 Å². The van der Waals surface area contributed by atoms with Gasteiger partial charge in [-0.2, -0.15) is 0 Å². The van der Waals surface area contributed by atoms with Crippen LogP contribution in [0.2, 0.25) is 0 Å². The van der Waals surface area contributed by atoms with Crippen molar-refractivity contribution in [2.24, 2.45) is 0 Å². The van der Waals surface area contributed by atoms with Crippen molar-refractivity contribution >= 4 is 41.3 Å². The van der Waals surface area contributed by atoms with E-state index in [1.807, 2.05) is 12.1 Å². The predicted octanol–water partition coefficient (Wildman–Crippen LogP) is 4.35. The molecule has 4 amide bonds. The van der Waals surface area contributed by atoms with Gasteiger partial charge in [0.2, 0.25) is 5.91 Å². The Bertz CT molecular complexity index is 1870. The zero-order chi connectivity index (χ0) is 51.1. The Morgan fingerprint density at radius 3 is 1.64 bits per heavy atom. The number of alkyl carbamates (subject to hydrolysis) is 1. The van der Waals surface area contributed by atoms with Gasteiger partial charge in [0.1, 0.15) is 11.9 Å². The first-order chi connectivity index (χ1) is 35.3. The highest BCUT2D eigenvalue weighted by Crippen LogP contribution is 2.18. The third kappa shape index (κ3) is 27.3. The summed E-state index contributed by atoms with van der Waals surface area (Å²) in [5.41, 5.74) is 1.96. The zero-order valence-electron chi connectivity index (χ0n) is 41.5. The topological polar surface area (TPSA) is 243 Å². The molecule has 3 N–H and O–H groups in total. The van der Waals surface area contributed by atoms with Crippen molar-refractivity contribution in [3.63, 3.8) is 0 Å². The second-order valence-corrected chi connectivity index (χ2v) is 16.3. The molecule has 0 radical (unpaired) electrons. The molecule has 21 nitrogen and oxygen atoms in total. The van der Waals surface area contributed by atoms with E-state index in [0.29, 0.717) is 140 Å². The number of hydrogen-bond donors (Lipinski definition) is 3. The number of carbonyl (C=O) groups excluding carboxylic acids is 6. The van der Waals surface area contributed by atoms with Crippen LogP contribution in [0, 0.1) is 0 Å². The van der Waals surface area contributed by atoms with Crippen LogP contribution in [0.3, 0.4) is 0 Å². The number of ketones is 1. The lowest BCUT2D eigenvalue weighted by molar-refractivity contribution is -0.198. The lowest BCUT2D eigenvalue weighted by atomic mass is 10.0. The minimum absolute atomic E-state index is 0.0326. The first kappa shape index (κ1) is 59.0. The molecule has 1 saturated heterocycles. The Morgan fingerprint density at radius 2 is 1.04 bits per heavy atom. The Balaban J connectivity index is 0.867. The van der Waals surface area contributed by atoms with E-state index < -0.39 is 23.9 Å². The molecule has 0 aromatic heterocycles. The average molecular weight is 1020 g/mol. The van der Waals surface area contributed by atoms with Crippen LogP contribution in [-0.4, -0.2) is 179 Å². The molecule has 0 bridgehead atoms. The summed E-state index contributed by atoms with van der Waals surface area (Å²) >= 11 is 0. The van der Waals surface area contributed by atoms with Crippen molar-refractivity contribution in [1.82, 2.24) is 15.7 Å². The molecule has 21 heteroatoms. The number of allylic oxidation sites excluding steroid dienone is 2. The zero-order valence-corrected chi connectivity index (χ0v) is 41.5. The molecule has 2 aromatic rings. The van der Waals surface area contributed by atoms with E-state index in [2.05, 4.69) is 28.1 Å². The van der Waals surface area contributed by atoms with Gasteiger partial charge in [-0.3, -0.25) is 19.2 Å². The largest absolute Gasteiger partial charge is 0.494 e. The van der Waals surface area contributed by atoms with Crippen molar-refractivity contribution in [2.45, 2.75) is 70.3 Å². The second-order valence-electron chi connectivity index (χ2n) is 16.3. The third-order valence-electron chi connectivity index (χ3n) is 10.6. The number of carbonyl (C=O) groups is 6. The van der Waals surface area contributed by atoms with Crippen molar-refractivity contribution in [3.8, 4) is 5.75 Å². The molecule has 0 saturated carbocycles. The van der Waals surface area contributed by atoms with Crippen LogP contribution < -0.4 is 20.7 Å². The highest BCUT2D eigenvalue weighted by molar-refractivity contribution is 6.09.